The molecule has 0 aliphatic heterocycles. The molecule has 2 rings (SSSR count). The van der Waals surface area contributed by atoms with Crippen LogP contribution in [0.1, 0.15) is 77.3 Å². The number of nitrogens with one attached hydrogen (secondary N) is 1. The van der Waals surface area contributed by atoms with Gasteiger partial charge in [-0.25, -0.2) is 0 Å². The van der Waals surface area contributed by atoms with Gasteiger partial charge in [0.1, 0.15) is 0 Å². The van der Waals surface area contributed by atoms with E-state index in [-0.39, 0.29) is 5.54 Å². The van der Waals surface area contributed by atoms with Crippen LogP contribution in [0, 0.1) is 12.3 Å². The highest BCUT2D eigenvalue weighted by molar-refractivity contribution is 5.56. The maximum Gasteiger partial charge on any atom is 0.0399 e. The minimum absolute atomic E-state index is 0.244. The highest BCUT2D eigenvalue weighted by atomic mass is 15.1. The average Bonchev–Trinajstić information content (AvgIpc) is 2.50. The van der Waals surface area contributed by atoms with E-state index in [1.807, 2.05) is 0 Å². The molecule has 0 amide bonds. The second kappa shape index (κ2) is 7.47. The summed E-state index contributed by atoms with van der Waals surface area (Å²) >= 11 is 0. The van der Waals surface area contributed by atoms with E-state index in [1.165, 1.54) is 36.9 Å². The fourth-order valence-electron chi connectivity index (χ4n) is 4.78. The van der Waals surface area contributed by atoms with Crippen molar-refractivity contribution in [3.05, 3.63) is 29.3 Å². The van der Waals surface area contributed by atoms with Crippen LogP contribution in [0.5, 0.6) is 0 Å². The van der Waals surface area contributed by atoms with E-state index in [1.54, 1.807) is 5.56 Å². The summed E-state index contributed by atoms with van der Waals surface area (Å²) in [6, 6.07) is 7.02. The Labute approximate surface area is 150 Å². The van der Waals surface area contributed by atoms with E-state index >= 15 is 0 Å². The molecule has 2 heteroatoms. The summed E-state index contributed by atoms with van der Waals surface area (Å²) in [4.78, 5) is 2.40. The second-order valence-electron chi connectivity index (χ2n) is 9.01. The Morgan fingerprint density at radius 3 is 2.50 bits per heavy atom. The average molecular weight is 331 g/mol. The molecule has 1 N–H and O–H groups in total. The standard InChI is InChI=1S/C22H38N2/c1-8-12-23-22(6)15-18(14-21(4,5)16-22)19-13-17(3)10-11-20(19)24(7)9-2/h10-11,13,18,23H,8-9,12,14-16H2,1-7H3. The van der Waals surface area contributed by atoms with Crippen molar-refractivity contribution < 1.29 is 0 Å². The first-order chi connectivity index (χ1) is 11.2. The molecule has 136 valence electrons. The van der Waals surface area contributed by atoms with E-state index in [0.717, 1.165) is 13.1 Å². The number of benzene rings is 1. The molecule has 24 heavy (non-hydrogen) atoms. The minimum atomic E-state index is 0.244. The van der Waals surface area contributed by atoms with Crippen molar-refractivity contribution in [2.75, 3.05) is 25.0 Å². The Morgan fingerprint density at radius 1 is 1.17 bits per heavy atom. The summed E-state index contributed by atoms with van der Waals surface area (Å²) in [7, 11) is 2.22. The zero-order chi connectivity index (χ0) is 18.0. The first-order valence-electron chi connectivity index (χ1n) is 9.76. The number of hydrogen-bond acceptors (Lipinski definition) is 2. The van der Waals surface area contributed by atoms with Crippen LogP contribution in [0.2, 0.25) is 0 Å². The predicted octanol–water partition coefficient (Wildman–Crippen LogP) is 5.50. The molecule has 1 aliphatic carbocycles. The topological polar surface area (TPSA) is 15.3 Å². The van der Waals surface area contributed by atoms with Crippen molar-refractivity contribution in [1.29, 1.82) is 0 Å². The zero-order valence-electron chi connectivity index (χ0n) is 17.0. The Kier molecular flexibility index (Phi) is 6.01. The highest BCUT2D eigenvalue weighted by Crippen LogP contribution is 2.49. The second-order valence-corrected chi connectivity index (χ2v) is 9.01. The largest absolute Gasteiger partial charge is 0.375 e. The lowest BCUT2D eigenvalue weighted by atomic mass is 9.62. The molecule has 2 nitrogen and oxygen atoms in total. The third kappa shape index (κ3) is 4.53. The Hall–Kier alpha value is -1.02. The van der Waals surface area contributed by atoms with Crippen LogP contribution >= 0.6 is 0 Å². The van der Waals surface area contributed by atoms with E-state index in [9.17, 15) is 0 Å². The van der Waals surface area contributed by atoms with Crippen LogP contribution in [0.4, 0.5) is 5.69 Å². The summed E-state index contributed by atoms with van der Waals surface area (Å²) < 4.78 is 0. The highest BCUT2D eigenvalue weighted by Gasteiger charge is 2.41. The lowest BCUT2D eigenvalue weighted by Gasteiger charge is -2.48. The molecule has 1 aliphatic rings. The Morgan fingerprint density at radius 2 is 1.88 bits per heavy atom. The molecule has 1 fully saturated rings. The van der Waals surface area contributed by atoms with Crippen LogP contribution in [0.3, 0.4) is 0 Å². The van der Waals surface area contributed by atoms with Crippen molar-refractivity contribution in [2.24, 2.45) is 5.41 Å². The van der Waals surface area contributed by atoms with Gasteiger partial charge >= 0.3 is 0 Å². The van der Waals surface area contributed by atoms with Gasteiger partial charge in [0, 0.05) is 24.8 Å². The normalized spacial score (nSPS) is 26.4. The van der Waals surface area contributed by atoms with Crippen molar-refractivity contribution >= 4 is 5.69 Å². The Balaban J connectivity index is 2.38. The lowest BCUT2D eigenvalue weighted by Crippen LogP contribution is -2.50. The number of rotatable bonds is 6. The lowest BCUT2D eigenvalue weighted by molar-refractivity contribution is 0.115. The van der Waals surface area contributed by atoms with Crippen LogP contribution in [-0.2, 0) is 0 Å². The van der Waals surface area contributed by atoms with Gasteiger partial charge in [-0.05, 0) is 76.0 Å². The molecule has 1 saturated carbocycles. The van der Waals surface area contributed by atoms with E-state index in [2.05, 4.69) is 77.0 Å². The number of nitrogens with zero attached hydrogens (tertiary/aromatic N) is 1. The van der Waals surface area contributed by atoms with Crippen molar-refractivity contribution in [3.63, 3.8) is 0 Å². The molecule has 1 aromatic rings. The molecule has 0 spiro atoms. The van der Waals surface area contributed by atoms with Crippen LogP contribution in [0.15, 0.2) is 18.2 Å². The smallest absolute Gasteiger partial charge is 0.0399 e. The number of anilines is 1. The molecule has 0 radical (unpaired) electrons. The monoisotopic (exact) mass is 330 g/mol. The fourth-order valence-corrected chi connectivity index (χ4v) is 4.78. The Bertz CT molecular complexity index is 549. The molecular weight excluding hydrogens is 292 g/mol. The SMILES string of the molecule is CCCNC1(C)CC(c2cc(C)ccc2N(C)CC)CC(C)(C)C1. The fraction of sp³-hybridized carbons (Fsp3) is 0.727. The van der Waals surface area contributed by atoms with Gasteiger partial charge in [-0.3, -0.25) is 0 Å². The van der Waals surface area contributed by atoms with E-state index in [4.69, 9.17) is 0 Å². The number of aryl methyl sites for hydroxylation is 1. The molecule has 0 saturated heterocycles. The molecule has 0 heterocycles. The zero-order valence-corrected chi connectivity index (χ0v) is 17.0. The van der Waals surface area contributed by atoms with Gasteiger partial charge in [0.15, 0.2) is 0 Å². The molecule has 0 bridgehead atoms. The number of hydrogen-bond donors (Lipinski definition) is 1. The third-order valence-electron chi connectivity index (χ3n) is 5.67. The summed E-state index contributed by atoms with van der Waals surface area (Å²) in [5.74, 6) is 0.631. The van der Waals surface area contributed by atoms with Gasteiger partial charge in [-0.15, -0.1) is 0 Å². The summed E-state index contributed by atoms with van der Waals surface area (Å²) in [6.45, 7) is 16.2. The third-order valence-corrected chi connectivity index (χ3v) is 5.67. The van der Waals surface area contributed by atoms with Gasteiger partial charge in [-0.2, -0.15) is 0 Å². The molecule has 0 aromatic heterocycles. The summed E-state index contributed by atoms with van der Waals surface area (Å²) in [5.41, 5.74) is 4.98. The maximum atomic E-state index is 3.87. The summed E-state index contributed by atoms with van der Waals surface area (Å²) in [5, 5.41) is 3.87. The van der Waals surface area contributed by atoms with Crippen molar-refractivity contribution in [1.82, 2.24) is 5.32 Å². The van der Waals surface area contributed by atoms with Crippen LogP contribution in [0.25, 0.3) is 0 Å². The van der Waals surface area contributed by atoms with Crippen LogP contribution in [-0.4, -0.2) is 25.7 Å². The predicted molar refractivity (Wildman–Crippen MR) is 107 cm³/mol. The van der Waals surface area contributed by atoms with Crippen molar-refractivity contribution in [3.8, 4) is 0 Å². The summed E-state index contributed by atoms with van der Waals surface area (Å²) in [6.07, 6.45) is 4.99. The first-order valence-corrected chi connectivity index (χ1v) is 9.76. The van der Waals surface area contributed by atoms with Gasteiger partial charge in [0.05, 0.1) is 0 Å². The molecule has 2 unspecified atom stereocenters. The van der Waals surface area contributed by atoms with Gasteiger partial charge in [-0.1, -0.05) is 38.5 Å². The van der Waals surface area contributed by atoms with E-state index < -0.39 is 0 Å². The maximum absolute atomic E-state index is 3.87. The molecule has 1 aromatic carbocycles. The van der Waals surface area contributed by atoms with E-state index in [0.29, 0.717) is 11.3 Å². The quantitative estimate of drug-likeness (QED) is 0.740. The van der Waals surface area contributed by atoms with Gasteiger partial charge in [0.2, 0.25) is 0 Å². The van der Waals surface area contributed by atoms with Gasteiger partial charge < -0.3 is 10.2 Å². The first kappa shape index (κ1) is 19.3. The van der Waals surface area contributed by atoms with Crippen molar-refractivity contribution in [2.45, 2.75) is 78.7 Å². The molecular formula is C22H38N2. The van der Waals surface area contributed by atoms with Crippen LogP contribution < -0.4 is 10.2 Å². The van der Waals surface area contributed by atoms with Gasteiger partial charge in [0.25, 0.3) is 0 Å². The molecule has 2 atom stereocenters. The minimum Gasteiger partial charge on any atom is -0.375 e.